The summed E-state index contributed by atoms with van der Waals surface area (Å²) >= 11 is 0. The Balaban J connectivity index is -0.000000213. The molecule has 1 aliphatic rings. The molecule has 0 aromatic rings. The Morgan fingerprint density at radius 1 is 0.818 bits per heavy atom. The predicted octanol–water partition coefficient (Wildman–Crippen LogP) is -5.78. The van der Waals surface area contributed by atoms with Crippen molar-refractivity contribution in [2.75, 3.05) is 0 Å². The topological polar surface area (TPSA) is 52.0 Å². The fourth-order valence-corrected chi connectivity index (χ4v) is 1.19. The van der Waals surface area contributed by atoms with Crippen LogP contribution < -0.4 is 45.4 Å². The van der Waals surface area contributed by atoms with Crippen molar-refractivity contribution in [2.24, 2.45) is 11.5 Å². The van der Waals surface area contributed by atoms with E-state index in [1.54, 1.807) is 0 Å². The summed E-state index contributed by atoms with van der Waals surface area (Å²) in [5.41, 5.74) is 11.3. The van der Waals surface area contributed by atoms with Gasteiger partial charge in [-0.15, -0.1) is 0 Å². The number of nitrogens with two attached hydrogens (primary N) is 2. The molecule has 4 N–H and O–H groups in total. The minimum absolute atomic E-state index is 0. The van der Waals surface area contributed by atoms with Gasteiger partial charge in [0.05, 0.1) is 0 Å². The summed E-state index contributed by atoms with van der Waals surface area (Å²) in [5, 5.41) is 0. The van der Waals surface area contributed by atoms with Gasteiger partial charge in [-0.2, -0.15) is 0 Å². The molecule has 0 spiro atoms. The van der Waals surface area contributed by atoms with E-state index in [-0.39, 0.29) is 63.1 Å². The number of hydrogen-bond donors (Lipinski definition) is 2. The largest absolute Gasteiger partial charge is 2.00 e. The molecule has 0 bridgehead atoms. The second kappa shape index (κ2) is 9.49. The minimum Gasteiger partial charge on any atom is -1.00 e. The van der Waals surface area contributed by atoms with E-state index in [0.717, 1.165) is 12.8 Å². The average molecular weight is 338 g/mol. The minimum atomic E-state index is 0. The molecule has 0 aromatic heterocycles. The predicted molar refractivity (Wildman–Crippen MR) is 34.4 cm³/mol. The first-order chi connectivity index (χ1) is 3.80. The van der Waals surface area contributed by atoms with Crippen LogP contribution in [0.15, 0.2) is 0 Å². The van der Waals surface area contributed by atoms with Crippen LogP contribution in [-0.2, 0) is 17.1 Å². The van der Waals surface area contributed by atoms with Crippen molar-refractivity contribution < 1.29 is 51.0 Å². The van der Waals surface area contributed by atoms with E-state index >= 15 is 0 Å². The van der Waals surface area contributed by atoms with E-state index in [4.69, 9.17) is 11.5 Å². The van der Waals surface area contributed by atoms with Gasteiger partial charge in [0.1, 0.15) is 0 Å². The zero-order valence-electron chi connectivity index (χ0n) is 6.20. The van der Waals surface area contributed by atoms with Gasteiger partial charge < -0.3 is 45.4 Å². The van der Waals surface area contributed by atoms with Crippen LogP contribution in [0.1, 0.15) is 25.7 Å². The van der Waals surface area contributed by atoms with E-state index in [1.165, 1.54) is 12.8 Å². The van der Waals surface area contributed by atoms with E-state index in [0.29, 0.717) is 0 Å². The molecule has 0 heterocycles. The van der Waals surface area contributed by atoms with Gasteiger partial charge in [0.25, 0.3) is 0 Å². The van der Waals surface area contributed by atoms with Crippen LogP contribution in [0.25, 0.3) is 0 Å². The van der Waals surface area contributed by atoms with Gasteiger partial charge in [-0.25, -0.2) is 0 Å². The van der Waals surface area contributed by atoms with Gasteiger partial charge in [-0.1, -0.05) is 12.8 Å². The first-order valence-electron chi connectivity index (χ1n) is 3.32. The Bertz CT molecular complexity index is 75.0. The van der Waals surface area contributed by atoms with Crippen molar-refractivity contribution in [3.05, 3.63) is 0 Å². The first kappa shape index (κ1) is 18.2. The van der Waals surface area contributed by atoms with Gasteiger partial charge in [-0.3, -0.25) is 0 Å². The average Bonchev–Trinajstić information content (AvgIpc) is 1.77. The Labute approximate surface area is 99.9 Å². The maximum Gasteiger partial charge on any atom is 2.00 e. The van der Waals surface area contributed by atoms with Crippen molar-refractivity contribution in [1.29, 1.82) is 0 Å². The Hall–Kier alpha value is 1.40. The molecule has 0 aromatic carbocycles. The summed E-state index contributed by atoms with van der Waals surface area (Å²) in [4.78, 5) is 0. The maximum atomic E-state index is 5.65. The van der Waals surface area contributed by atoms with E-state index in [2.05, 4.69) is 0 Å². The van der Waals surface area contributed by atoms with Crippen LogP contribution >= 0.6 is 0 Å². The summed E-state index contributed by atoms with van der Waals surface area (Å²) in [6, 6.07) is 0.562. The summed E-state index contributed by atoms with van der Waals surface area (Å²) in [6.07, 6.45) is 4.80. The third-order valence-electron chi connectivity index (χ3n) is 1.87. The van der Waals surface area contributed by atoms with Gasteiger partial charge >= 0.3 is 17.1 Å². The van der Waals surface area contributed by atoms with Gasteiger partial charge in [0, 0.05) is 12.1 Å². The van der Waals surface area contributed by atoms with Crippen molar-refractivity contribution in [2.45, 2.75) is 37.8 Å². The maximum absolute atomic E-state index is 5.65. The molecule has 11 heavy (non-hydrogen) atoms. The van der Waals surface area contributed by atoms with Crippen LogP contribution in [0, 0.1) is 0 Å². The van der Waals surface area contributed by atoms with Gasteiger partial charge in [0.15, 0.2) is 0 Å². The van der Waals surface area contributed by atoms with E-state index in [9.17, 15) is 0 Å². The first-order valence-corrected chi connectivity index (χ1v) is 3.32. The molecule has 1 aliphatic carbocycles. The van der Waals surface area contributed by atoms with Crippen molar-refractivity contribution in [3.8, 4) is 0 Å². The standard InChI is InChI=1S/C6H14N2.2BrH.Cu/c7-5-3-1-2-4-6(5)8;;;/h5-6H,1-4,7-8H2;2*1H;/q;;;+2/p-2. The molecule has 73 valence electrons. The molecule has 1 rings (SSSR count). The molecule has 0 saturated heterocycles. The van der Waals surface area contributed by atoms with Crippen molar-refractivity contribution >= 4 is 0 Å². The fraction of sp³-hybridized carbons (Fsp3) is 1.00. The molecule has 2 nitrogen and oxygen atoms in total. The second-order valence-electron chi connectivity index (χ2n) is 2.61. The van der Waals surface area contributed by atoms with E-state index < -0.39 is 0 Å². The molecule has 2 unspecified atom stereocenters. The zero-order valence-corrected chi connectivity index (χ0v) is 10.3. The quantitative estimate of drug-likeness (QED) is 0.433. The number of hydrogen-bond acceptors (Lipinski definition) is 2. The number of halogens is 2. The smallest absolute Gasteiger partial charge is 1.00 e. The van der Waals surface area contributed by atoms with Crippen LogP contribution in [0.2, 0.25) is 0 Å². The third kappa shape index (κ3) is 6.55. The molecular formula is C6H14Br2CuN2. The van der Waals surface area contributed by atoms with Crippen molar-refractivity contribution in [1.82, 2.24) is 0 Å². The molecule has 1 radical (unpaired) electrons. The molecule has 1 saturated carbocycles. The summed E-state index contributed by atoms with van der Waals surface area (Å²) in [5.74, 6) is 0. The summed E-state index contributed by atoms with van der Waals surface area (Å²) in [7, 11) is 0. The Morgan fingerprint density at radius 3 is 1.27 bits per heavy atom. The SMILES string of the molecule is NC1CCCCC1N.[Br-].[Br-].[Cu+2]. The van der Waals surface area contributed by atoms with Crippen molar-refractivity contribution in [3.63, 3.8) is 0 Å². The van der Waals surface area contributed by atoms with E-state index in [1.807, 2.05) is 0 Å². The normalized spacial score (nSPS) is 28.9. The third-order valence-corrected chi connectivity index (χ3v) is 1.87. The van der Waals surface area contributed by atoms with Crippen LogP contribution in [-0.4, -0.2) is 12.1 Å². The number of rotatable bonds is 0. The zero-order chi connectivity index (χ0) is 5.98. The second-order valence-corrected chi connectivity index (χ2v) is 2.61. The Morgan fingerprint density at radius 2 is 1.09 bits per heavy atom. The van der Waals surface area contributed by atoms with Gasteiger partial charge in [-0.05, 0) is 12.8 Å². The van der Waals surface area contributed by atoms with Gasteiger partial charge in [0.2, 0.25) is 0 Å². The molecule has 1 fully saturated rings. The molecule has 0 aliphatic heterocycles. The molecular weight excluding hydrogens is 323 g/mol. The van der Waals surface area contributed by atoms with Crippen LogP contribution in [0.3, 0.4) is 0 Å². The molecule has 2 atom stereocenters. The molecule has 0 amide bonds. The monoisotopic (exact) mass is 335 g/mol. The summed E-state index contributed by atoms with van der Waals surface area (Å²) < 4.78 is 0. The molecule has 5 heteroatoms. The summed E-state index contributed by atoms with van der Waals surface area (Å²) in [6.45, 7) is 0. The van der Waals surface area contributed by atoms with Crippen LogP contribution in [0.5, 0.6) is 0 Å². The van der Waals surface area contributed by atoms with Crippen LogP contribution in [0.4, 0.5) is 0 Å². The fourth-order valence-electron chi connectivity index (χ4n) is 1.19. The Kier molecular flexibility index (Phi) is 15.7.